The number of allylic oxidation sites excluding steroid dienone is 2. The minimum absolute atomic E-state index is 0.00375. The number of carbonyl (C=O) groups is 1. The Morgan fingerprint density at radius 3 is 2.57 bits per heavy atom. The van der Waals surface area contributed by atoms with Crippen LogP contribution in [0.3, 0.4) is 0 Å². The molecule has 0 N–H and O–H groups in total. The van der Waals surface area contributed by atoms with Crippen LogP contribution in [0.1, 0.15) is 31.7 Å². The van der Waals surface area contributed by atoms with Gasteiger partial charge >= 0.3 is 5.97 Å². The summed E-state index contributed by atoms with van der Waals surface area (Å²) in [5.41, 5.74) is 2.54. The second-order valence-electron chi connectivity index (χ2n) is 6.11. The van der Waals surface area contributed by atoms with Crippen molar-refractivity contribution in [3.05, 3.63) is 47.7 Å². The van der Waals surface area contributed by atoms with Gasteiger partial charge in [0, 0.05) is 25.2 Å². The molecule has 3 heteroatoms. The molecule has 0 spiro atoms. The lowest BCUT2D eigenvalue weighted by molar-refractivity contribution is -0.151. The second kappa shape index (κ2) is 6.33. The summed E-state index contributed by atoms with van der Waals surface area (Å²) in [5, 5.41) is 0. The van der Waals surface area contributed by atoms with E-state index >= 15 is 0 Å². The molecule has 1 aromatic carbocycles. The SMILES string of the molecule is CC(C(=O)OCc1ccccc1)C1CCN(C2=CC2)CC1. The average molecular weight is 285 g/mol. The molecule has 1 heterocycles. The van der Waals surface area contributed by atoms with Crippen LogP contribution < -0.4 is 0 Å². The summed E-state index contributed by atoms with van der Waals surface area (Å²) in [5.74, 6) is 0.413. The first-order valence-electron chi connectivity index (χ1n) is 7.88. The first-order chi connectivity index (χ1) is 10.2. The van der Waals surface area contributed by atoms with E-state index in [1.165, 1.54) is 12.1 Å². The lowest BCUT2D eigenvalue weighted by Gasteiger charge is -2.34. The lowest BCUT2D eigenvalue weighted by atomic mass is 9.85. The number of carbonyl (C=O) groups excluding carboxylic acids is 1. The zero-order valence-corrected chi connectivity index (χ0v) is 12.6. The Morgan fingerprint density at radius 1 is 1.29 bits per heavy atom. The summed E-state index contributed by atoms with van der Waals surface area (Å²) < 4.78 is 5.47. The van der Waals surface area contributed by atoms with Crippen LogP contribution in [0.5, 0.6) is 0 Å². The third kappa shape index (κ3) is 3.66. The number of nitrogens with zero attached hydrogens (tertiary/aromatic N) is 1. The highest BCUT2D eigenvalue weighted by Crippen LogP contribution is 2.32. The van der Waals surface area contributed by atoms with E-state index in [2.05, 4.69) is 11.0 Å². The van der Waals surface area contributed by atoms with E-state index in [1.807, 2.05) is 37.3 Å². The van der Waals surface area contributed by atoms with E-state index in [0.29, 0.717) is 12.5 Å². The predicted octanol–water partition coefficient (Wildman–Crippen LogP) is 3.37. The molecular formula is C18H23NO2. The Balaban J connectivity index is 1.45. The summed E-state index contributed by atoms with van der Waals surface area (Å²) in [6.45, 7) is 4.58. The third-order valence-corrected chi connectivity index (χ3v) is 4.64. The van der Waals surface area contributed by atoms with Crippen LogP contribution in [0.2, 0.25) is 0 Å². The second-order valence-corrected chi connectivity index (χ2v) is 6.11. The van der Waals surface area contributed by atoms with Gasteiger partial charge in [0.05, 0.1) is 5.92 Å². The standard InChI is InChI=1S/C18H23NO2/c1-14(16-9-11-19(12-10-16)17-7-8-17)18(20)21-13-15-5-3-2-4-6-15/h2-7,14,16H,8-13H2,1H3. The third-order valence-electron chi connectivity index (χ3n) is 4.64. The first kappa shape index (κ1) is 14.2. The Hall–Kier alpha value is -1.77. The number of rotatable bonds is 5. The highest BCUT2D eigenvalue weighted by molar-refractivity contribution is 5.72. The quantitative estimate of drug-likeness (QED) is 0.777. The van der Waals surface area contributed by atoms with Gasteiger partial charge in [-0.1, -0.05) is 43.3 Å². The van der Waals surface area contributed by atoms with Crippen molar-refractivity contribution in [1.29, 1.82) is 0 Å². The molecule has 1 saturated heterocycles. The summed E-state index contributed by atoms with van der Waals surface area (Å²) in [7, 11) is 0. The van der Waals surface area contributed by atoms with Crippen LogP contribution in [0, 0.1) is 11.8 Å². The van der Waals surface area contributed by atoms with Crippen LogP contribution in [0.4, 0.5) is 0 Å². The Labute approximate surface area is 126 Å². The molecule has 3 rings (SSSR count). The van der Waals surface area contributed by atoms with Gasteiger partial charge in [0.25, 0.3) is 0 Å². The molecule has 2 aliphatic rings. The Kier molecular flexibility index (Phi) is 4.28. The molecule has 1 aliphatic heterocycles. The van der Waals surface area contributed by atoms with E-state index in [0.717, 1.165) is 31.5 Å². The van der Waals surface area contributed by atoms with Crippen LogP contribution in [0.25, 0.3) is 0 Å². The monoisotopic (exact) mass is 285 g/mol. The van der Waals surface area contributed by atoms with Gasteiger partial charge in [-0.05, 0) is 24.3 Å². The van der Waals surface area contributed by atoms with E-state index in [-0.39, 0.29) is 11.9 Å². The fourth-order valence-electron chi connectivity index (χ4n) is 3.04. The minimum atomic E-state index is -0.0528. The molecule has 1 aliphatic carbocycles. The topological polar surface area (TPSA) is 29.5 Å². The zero-order chi connectivity index (χ0) is 14.7. The molecule has 3 nitrogen and oxygen atoms in total. The molecule has 1 atom stereocenters. The minimum Gasteiger partial charge on any atom is -0.461 e. The van der Waals surface area contributed by atoms with E-state index in [9.17, 15) is 4.79 Å². The number of ether oxygens (including phenoxy) is 1. The normalized spacial score (nSPS) is 19.9. The number of benzene rings is 1. The summed E-state index contributed by atoms with van der Waals surface area (Å²) in [4.78, 5) is 14.7. The smallest absolute Gasteiger partial charge is 0.309 e. The molecule has 1 aromatic rings. The Morgan fingerprint density at radius 2 is 1.95 bits per heavy atom. The summed E-state index contributed by atoms with van der Waals surface area (Å²) in [6, 6.07) is 9.88. The van der Waals surface area contributed by atoms with Crippen molar-refractivity contribution in [2.75, 3.05) is 13.1 Å². The fraction of sp³-hybridized carbons (Fsp3) is 0.500. The van der Waals surface area contributed by atoms with Crippen molar-refractivity contribution >= 4 is 5.97 Å². The van der Waals surface area contributed by atoms with Crippen molar-refractivity contribution in [3.63, 3.8) is 0 Å². The Bertz CT molecular complexity index is 515. The largest absolute Gasteiger partial charge is 0.461 e. The molecule has 0 aromatic heterocycles. The summed E-state index contributed by atoms with van der Waals surface area (Å²) in [6.07, 6.45) is 5.63. The van der Waals surface area contributed by atoms with Gasteiger partial charge in [-0.2, -0.15) is 0 Å². The van der Waals surface area contributed by atoms with Crippen molar-refractivity contribution in [3.8, 4) is 0 Å². The van der Waals surface area contributed by atoms with Gasteiger partial charge in [0.1, 0.15) is 6.61 Å². The van der Waals surface area contributed by atoms with Crippen molar-refractivity contribution in [2.45, 2.75) is 32.8 Å². The van der Waals surface area contributed by atoms with Crippen molar-refractivity contribution in [2.24, 2.45) is 11.8 Å². The maximum absolute atomic E-state index is 12.2. The molecule has 1 unspecified atom stereocenters. The van der Waals surface area contributed by atoms with Crippen LogP contribution in [0.15, 0.2) is 42.1 Å². The van der Waals surface area contributed by atoms with Crippen LogP contribution in [-0.4, -0.2) is 24.0 Å². The summed E-state index contributed by atoms with van der Waals surface area (Å²) >= 11 is 0. The van der Waals surface area contributed by atoms with E-state index in [4.69, 9.17) is 4.74 Å². The molecule has 21 heavy (non-hydrogen) atoms. The zero-order valence-electron chi connectivity index (χ0n) is 12.6. The van der Waals surface area contributed by atoms with Gasteiger partial charge in [-0.25, -0.2) is 0 Å². The first-order valence-corrected chi connectivity index (χ1v) is 7.88. The highest BCUT2D eigenvalue weighted by atomic mass is 16.5. The van der Waals surface area contributed by atoms with Gasteiger partial charge in [0.15, 0.2) is 0 Å². The van der Waals surface area contributed by atoms with Gasteiger partial charge in [-0.3, -0.25) is 4.79 Å². The van der Waals surface area contributed by atoms with Gasteiger partial charge in [-0.15, -0.1) is 0 Å². The molecule has 1 fully saturated rings. The number of likely N-dealkylation sites (tertiary alicyclic amines) is 1. The van der Waals surface area contributed by atoms with Crippen molar-refractivity contribution in [1.82, 2.24) is 4.90 Å². The van der Waals surface area contributed by atoms with Gasteiger partial charge < -0.3 is 9.64 Å². The molecule has 112 valence electrons. The maximum atomic E-state index is 12.2. The van der Waals surface area contributed by atoms with Crippen LogP contribution >= 0.6 is 0 Å². The molecule has 0 amide bonds. The number of piperidine rings is 1. The number of hydrogen-bond donors (Lipinski definition) is 0. The average Bonchev–Trinajstić information content (AvgIpc) is 3.38. The molecule has 0 saturated carbocycles. The molecular weight excluding hydrogens is 262 g/mol. The highest BCUT2D eigenvalue weighted by Gasteiger charge is 2.30. The van der Waals surface area contributed by atoms with Crippen LogP contribution in [-0.2, 0) is 16.1 Å². The number of esters is 1. The van der Waals surface area contributed by atoms with E-state index < -0.39 is 0 Å². The van der Waals surface area contributed by atoms with Gasteiger partial charge in [0.2, 0.25) is 0 Å². The molecule has 0 radical (unpaired) electrons. The fourth-order valence-corrected chi connectivity index (χ4v) is 3.04. The van der Waals surface area contributed by atoms with Crippen molar-refractivity contribution < 1.29 is 9.53 Å². The lowest BCUT2D eigenvalue weighted by Crippen LogP contribution is -2.35. The molecule has 0 bridgehead atoms. The maximum Gasteiger partial charge on any atom is 0.309 e. The number of hydrogen-bond acceptors (Lipinski definition) is 3. The predicted molar refractivity (Wildman–Crippen MR) is 82.4 cm³/mol. The van der Waals surface area contributed by atoms with E-state index in [1.54, 1.807) is 0 Å².